The van der Waals surface area contributed by atoms with Crippen molar-refractivity contribution in [1.29, 1.82) is 0 Å². The Morgan fingerprint density at radius 3 is 2.80 bits per heavy atom. The molecular weight excluding hydrogens is 326 g/mol. The quantitative estimate of drug-likeness (QED) is 0.583. The van der Waals surface area contributed by atoms with Crippen molar-refractivity contribution in [2.45, 2.75) is 25.8 Å². The molecule has 0 radical (unpaired) electrons. The normalized spacial score (nSPS) is 13.1. The third kappa shape index (κ3) is 3.26. The predicted octanol–water partition coefficient (Wildman–Crippen LogP) is 5.96. The molecule has 0 amide bonds. The van der Waals surface area contributed by atoms with Crippen LogP contribution in [0.1, 0.15) is 29.1 Å². The van der Waals surface area contributed by atoms with E-state index in [0.29, 0.717) is 6.04 Å². The Kier molecular flexibility index (Phi) is 4.79. The van der Waals surface area contributed by atoms with Gasteiger partial charge in [-0.1, -0.05) is 18.5 Å². The van der Waals surface area contributed by atoms with Crippen molar-refractivity contribution >= 4 is 55.0 Å². The first-order valence-corrected chi connectivity index (χ1v) is 9.60. The summed E-state index contributed by atoms with van der Waals surface area (Å²) in [5, 5.41) is 5.84. The molecule has 106 valence electrons. The minimum Gasteiger partial charge on any atom is -0.309 e. The van der Waals surface area contributed by atoms with E-state index in [1.165, 1.54) is 19.2 Å². The smallest absolute Gasteiger partial charge is 0.0931 e. The average Bonchev–Trinajstić information content (AvgIpc) is 3.09. The van der Waals surface area contributed by atoms with Gasteiger partial charge in [0.25, 0.3) is 0 Å². The molecule has 0 bridgehead atoms. The highest BCUT2D eigenvalue weighted by atomic mass is 35.5. The van der Waals surface area contributed by atoms with E-state index in [4.69, 9.17) is 11.6 Å². The van der Waals surface area contributed by atoms with E-state index in [2.05, 4.69) is 35.8 Å². The Labute approximate surface area is 136 Å². The molecule has 5 heteroatoms. The van der Waals surface area contributed by atoms with Gasteiger partial charge in [-0.15, -0.1) is 34.0 Å². The molecule has 3 rings (SSSR count). The Morgan fingerprint density at radius 1 is 1.20 bits per heavy atom. The van der Waals surface area contributed by atoms with Gasteiger partial charge in [0.2, 0.25) is 0 Å². The molecule has 0 saturated heterocycles. The number of nitrogens with one attached hydrogen (secondary N) is 1. The minimum atomic E-state index is 0.397. The lowest BCUT2D eigenvalue weighted by molar-refractivity contribution is 0.540. The van der Waals surface area contributed by atoms with E-state index in [-0.39, 0.29) is 0 Å². The number of hydrogen-bond donors (Lipinski definition) is 1. The van der Waals surface area contributed by atoms with Gasteiger partial charge < -0.3 is 5.32 Å². The van der Waals surface area contributed by atoms with Crippen LogP contribution in [-0.2, 0) is 6.42 Å². The summed E-state index contributed by atoms with van der Waals surface area (Å²) in [5.74, 6) is 0. The van der Waals surface area contributed by atoms with Crippen molar-refractivity contribution in [2.24, 2.45) is 0 Å². The monoisotopic (exact) mass is 341 g/mol. The Hall–Kier alpha value is -0.390. The van der Waals surface area contributed by atoms with Crippen molar-refractivity contribution in [2.75, 3.05) is 6.54 Å². The summed E-state index contributed by atoms with van der Waals surface area (Å²) in [7, 11) is 0. The summed E-state index contributed by atoms with van der Waals surface area (Å²) in [6, 6.07) is 9.09. The Balaban J connectivity index is 1.83. The largest absolute Gasteiger partial charge is 0.309 e. The molecule has 0 aliphatic carbocycles. The molecule has 0 aliphatic rings. The van der Waals surface area contributed by atoms with Crippen LogP contribution in [0.5, 0.6) is 0 Å². The molecule has 0 aliphatic heterocycles. The standard InChI is InChI=1S/C15H16ClNS3/c1-2-6-17-11(8-10-3-4-15(16)19-10)13-9-14-12(20-13)5-7-18-14/h3-5,7,9,11,17H,2,6,8H2,1H3. The molecular formula is C15H16ClNS3. The zero-order valence-electron chi connectivity index (χ0n) is 11.2. The lowest BCUT2D eigenvalue weighted by Crippen LogP contribution is -2.22. The minimum absolute atomic E-state index is 0.397. The highest BCUT2D eigenvalue weighted by Crippen LogP contribution is 2.35. The van der Waals surface area contributed by atoms with E-state index in [9.17, 15) is 0 Å². The lowest BCUT2D eigenvalue weighted by Gasteiger charge is -2.16. The molecule has 1 nitrogen and oxygen atoms in total. The molecule has 20 heavy (non-hydrogen) atoms. The molecule has 0 fully saturated rings. The molecule has 1 N–H and O–H groups in total. The highest BCUT2D eigenvalue weighted by Gasteiger charge is 2.16. The van der Waals surface area contributed by atoms with Crippen LogP contribution in [0.25, 0.3) is 9.40 Å². The Morgan fingerprint density at radius 2 is 2.10 bits per heavy atom. The van der Waals surface area contributed by atoms with E-state index in [1.807, 2.05) is 28.7 Å². The molecule has 0 aromatic carbocycles. The van der Waals surface area contributed by atoms with Gasteiger partial charge in [-0.3, -0.25) is 0 Å². The van der Waals surface area contributed by atoms with E-state index in [0.717, 1.165) is 23.7 Å². The van der Waals surface area contributed by atoms with Gasteiger partial charge in [0.05, 0.1) is 4.34 Å². The second-order valence-electron chi connectivity index (χ2n) is 4.71. The van der Waals surface area contributed by atoms with Crippen molar-refractivity contribution in [3.8, 4) is 0 Å². The summed E-state index contributed by atoms with van der Waals surface area (Å²) in [6.45, 7) is 3.26. The van der Waals surface area contributed by atoms with Crippen LogP contribution in [0.3, 0.4) is 0 Å². The van der Waals surface area contributed by atoms with Crippen LogP contribution in [0.15, 0.2) is 29.6 Å². The van der Waals surface area contributed by atoms with Crippen molar-refractivity contribution < 1.29 is 0 Å². The molecule has 3 aromatic heterocycles. The summed E-state index contributed by atoms with van der Waals surface area (Å²) >= 11 is 11.5. The third-order valence-corrected chi connectivity index (χ3v) is 6.64. The zero-order valence-corrected chi connectivity index (χ0v) is 14.4. The first-order chi connectivity index (χ1) is 9.76. The lowest BCUT2D eigenvalue weighted by atomic mass is 10.1. The molecule has 3 aromatic rings. The van der Waals surface area contributed by atoms with Crippen LogP contribution in [0.2, 0.25) is 4.34 Å². The number of thiophene rings is 3. The third-order valence-electron chi connectivity index (χ3n) is 3.18. The number of hydrogen-bond acceptors (Lipinski definition) is 4. The number of halogens is 1. The first-order valence-electron chi connectivity index (χ1n) is 6.71. The topological polar surface area (TPSA) is 12.0 Å². The van der Waals surface area contributed by atoms with Gasteiger partial charge in [0.1, 0.15) is 0 Å². The number of rotatable bonds is 6. The fourth-order valence-corrected chi connectivity index (χ4v) is 5.54. The van der Waals surface area contributed by atoms with Crippen molar-refractivity contribution in [3.05, 3.63) is 43.7 Å². The maximum atomic E-state index is 6.04. The second kappa shape index (κ2) is 6.58. The van der Waals surface area contributed by atoms with Crippen molar-refractivity contribution in [3.63, 3.8) is 0 Å². The van der Waals surface area contributed by atoms with Crippen LogP contribution >= 0.6 is 45.6 Å². The van der Waals surface area contributed by atoms with Gasteiger partial charge >= 0.3 is 0 Å². The van der Waals surface area contributed by atoms with Gasteiger partial charge in [0, 0.05) is 31.6 Å². The van der Waals surface area contributed by atoms with E-state index < -0.39 is 0 Å². The van der Waals surface area contributed by atoms with Gasteiger partial charge in [-0.05, 0) is 42.6 Å². The van der Waals surface area contributed by atoms with Crippen LogP contribution in [-0.4, -0.2) is 6.54 Å². The van der Waals surface area contributed by atoms with E-state index in [1.54, 1.807) is 11.3 Å². The predicted molar refractivity (Wildman–Crippen MR) is 93.8 cm³/mol. The van der Waals surface area contributed by atoms with Gasteiger partial charge in [-0.2, -0.15) is 0 Å². The zero-order chi connectivity index (χ0) is 13.9. The summed E-state index contributed by atoms with van der Waals surface area (Å²) in [6.07, 6.45) is 2.17. The first kappa shape index (κ1) is 14.5. The van der Waals surface area contributed by atoms with Crippen molar-refractivity contribution in [1.82, 2.24) is 5.32 Å². The van der Waals surface area contributed by atoms with E-state index >= 15 is 0 Å². The summed E-state index contributed by atoms with van der Waals surface area (Å²) in [4.78, 5) is 2.78. The van der Waals surface area contributed by atoms with Gasteiger partial charge in [-0.25, -0.2) is 0 Å². The maximum Gasteiger partial charge on any atom is 0.0931 e. The highest BCUT2D eigenvalue weighted by molar-refractivity contribution is 7.27. The molecule has 3 heterocycles. The van der Waals surface area contributed by atoms with Crippen LogP contribution < -0.4 is 5.32 Å². The second-order valence-corrected chi connectivity index (χ2v) is 8.58. The molecule has 0 saturated carbocycles. The molecule has 1 atom stereocenters. The van der Waals surface area contributed by atoms with Crippen LogP contribution in [0, 0.1) is 0 Å². The van der Waals surface area contributed by atoms with Gasteiger partial charge in [0.15, 0.2) is 0 Å². The van der Waals surface area contributed by atoms with Crippen LogP contribution in [0.4, 0.5) is 0 Å². The number of fused-ring (bicyclic) bond motifs is 1. The average molecular weight is 342 g/mol. The fraction of sp³-hybridized carbons (Fsp3) is 0.333. The Bertz CT molecular complexity index is 653. The summed E-state index contributed by atoms with van der Waals surface area (Å²) in [5.41, 5.74) is 0. The fourth-order valence-electron chi connectivity index (χ4n) is 2.21. The SMILES string of the molecule is CCCNC(Cc1ccc(Cl)s1)c1cc2sccc2s1. The molecule has 1 unspecified atom stereocenters. The molecule has 0 spiro atoms. The maximum absolute atomic E-state index is 6.04. The summed E-state index contributed by atoms with van der Waals surface area (Å²) < 4.78 is 3.68.